The van der Waals surface area contributed by atoms with Crippen LogP contribution in [0.15, 0.2) is 24.3 Å². The zero-order chi connectivity index (χ0) is 17.3. The second-order valence-corrected chi connectivity index (χ2v) is 6.78. The van der Waals surface area contributed by atoms with Gasteiger partial charge in [-0.3, -0.25) is 14.6 Å². The maximum atomic E-state index is 12.7. The lowest BCUT2D eigenvalue weighted by Crippen LogP contribution is -2.57. The van der Waals surface area contributed by atoms with Gasteiger partial charge in [0.2, 0.25) is 0 Å². The van der Waals surface area contributed by atoms with Crippen molar-refractivity contribution < 1.29 is 14.7 Å². The number of rotatable bonds is 5. The molecule has 0 spiro atoms. The summed E-state index contributed by atoms with van der Waals surface area (Å²) in [6, 6.07) is 8.53. The SMILES string of the molecule is CCN(CC(=O)O)C1CC(NC(=O)N2c3ccccc3CC2C)C1. The van der Waals surface area contributed by atoms with Crippen molar-refractivity contribution in [1.29, 1.82) is 0 Å². The quantitative estimate of drug-likeness (QED) is 0.866. The largest absolute Gasteiger partial charge is 0.480 e. The number of anilines is 1. The average molecular weight is 331 g/mol. The molecule has 6 heteroatoms. The number of aliphatic carboxylic acids is 1. The number of carbonyl (C=O) groups excluding carboxylic acids is 1. The molecule has 1 aromatic rings. The Morgan fingerprint density at radius 1 is 1.33 bits per heavy atom. The molecule has 6 nitrogen and oxygen atoms in total. The van der Waals surface area contributed by atoms with Gasteiger partial charge < -0.3 is 10.4 Å². The Kier molecular flexibility index (Phi) is 4.76. The maximum Gasteiger partial charge on any atom is 0.322 e. The summed E-state index contributed by atoms with van der Waals surface area (Å²) < 4.78 is 0. The Bertz CT molecular complexity index is 628. The van der Waals surface area contributed by atoms with Gasteiger partial charge in [-0.25, -0.2) is 4.79 Å². The number of nitrogens with one attached hydrogen (secondary N) is 1. The normalized spacial score (nSPS) is 25.3. The summed E-state index contributed by atoms with van der Waals surface area (Å²) in [5.41, 5.74) is 2.21. The third kappa shape index (κ3) is 3.24. The number of urea groups is 1. The van der Waals surface area contributed by atoms with E-state index in [2.05, 4.69) is 18.3 Å². The molecule has 1 atom stereocenters. The summed E-state index contributed by atoms with van der Waals surface area (Å²) in [5.74, 6) is -0.799. The number of likely N-dealkylation sites (N-methyl/N-ethyl adjacent to an activating group) is 1. The van der Waals surface area contributed by atoms with Gasteiger partial charge in [-0.2, -0.15) is 0 Å². The minimum Gasteiger partial charge on any atom is -0.480 e. The number of carbonyl (C=O) groups is 2. The van der Waals surface area contributed by atoms with E-state index in [1.165, 1.54) is 5.56 Å². The van der Waals surface area contributed by atoms with Crippen LogP contribution in [0.5, 0.6) is 0 Å². The van der Waals surface area contributed by atoms with E-state index in [1.54, 1.807) is 0 Å². The Morgan fingerprint density at radius 3 is 2.71 bits per heavy atom. The van der Waals surface area contributed by atoms with Crippen molar-refractivity contribution >= 4 is 17.7 Å². The first kappa shape index (κ1) is 16.8. The van der Waals surface area contributed by atoms with Gasteiger partial charge in [0.05, 0.1) is 6.54 Å². The van der Waals surface area contributed by atoms with Gasteiger partial charge in [0.1, 0.15) is 0 Å². The number of carboxylic acid groups (broad SMARTS) is 1. The molecular weight excluding hydrogens is 306 g/mol. The molecule has 130 valence electrons. The van der Waals surface area contributed by atoms with Crippen LogP contribution in [0.4, 0.5) is 10.5 Å². The highest BCUT2D eigenvalue weighted by molar-refractivity contribution is 5.95. The second-order valence-electron chi connectivity index (χ2n) is 6.78. The standard InChI is InChI=1S/C18H25N3O3/c1-3-20(11-17(22)23)15-9-14(10-15)19-18(24)21-12(2)8-13-6-4-5-7-16(13)21/h4-7,12,14-15H,3,8-11H2,1-2H3,(H,19,24)(H,22,23). The first-order valence-electron chi connectivity index (χ1n) is 8.63. The molecular formula is C18H25N3O3. The summed E-state index contributed by atoms with van der Waals surface area (Å²) in [4.78, 5) is 27.3. The van der Waals surface area contributed by atoms with E-state index >= 15 is 0 Å². The monoisotopic (exact) mass is 331 g/mol. The van der Waals surface area contributed by atoms with Crippen LogP contribution in [-0.2, 0) is 11.2 Å². The Morgan fingerprint density at radius 2 is 2.04 bits per heavy atom. The zero-order valence-electron chi connectivity index (χ0n) is 14.2. The molecule has 24 heavy (non-hydrogen) atoms. The molecule has 0 aromatic heterocycles. The molecule has 3 rings (SSSR count). The summed E-state index contributed by atoms with van der Waals surface area (Å²) in [6.45, 7) is 4.82. The number of amides is 2. The van der Waals surface area contributed by atoms with Crippen molar-refractivity contribution in [3.05, 3.63) is 29.8 Å². The van der Waals surface area contributed by atoms with Crippen LogP contribution in [0.25, 0.3) is 0 Å². The van der Waals surface area contributed by atoms with E-state index in [4.69, 9.17) is 5.11 Å². The number of benzene rings is 1. The van der Waals surface area contributed by atoms with Crippen LogP contribution in [0.2, 0.25) is 0 Å². The Labute approximate surface area is 142 Å². The number of fused-ring (bicyclic) bond motifs is 1. The van der Waals surface area contributed by atoms with Crippen LogP contribution in [-0.4, -0.2) is 53.2 Å². The third-order valence-electron chi connectivity index (χ3n) is 5.13. The minimum atomic E-state index is -0.799. The molecule has 2 N–H and O–H groups in total. The Hall–Kier alpha value is -2.08. The molecule has 0 saturated heterocycles. The number of nitrogens with zero attached hydrogens (tertiary/aromatic N) is 2. The topological polar surface area (TPSA) is 72.9 Å². The van der Waals surface area contributed by atoms with Crippen LogP contribution in [0.3, 0.4) is 0 Å². The average Bonchev–Trinajstić information content (AvgIpc) is 2.84. The fraction of sp³-hybridized carbons (Fsp3) is 0.556. The van der Waals surface area contributed by atoms with Gasteiger partial charge in [0.15, 0.2) is 0 Å². The number of para-hydroxylation sites is 1. The fourth-order valence-electron chi connectivity index (χ4n) is 3.80. The molecule has 0 radical (unpaired) electrons. The van der Waals surface area contributed by atoms with Gasteiger partial charge in [0, 0.05) is 23.8 Å². The van der Waals surface area contributed by atoms with Crippen molar-refractivity contribution in [1.82, 2.24) is 10.2 Å². The molecule has 2 amide bonds. The molecule has 1 saturated carbocycles. The van der Waals surface area contributed by atoms with Crippen molar-refractivity contribution in [2.45, 2.75) is 51.2 Å². The maximum absolute atomic E-state index is 12.7. The van der Waals surface area contributed by atoms with E-state index in [-0.39, 0.29) is 30.7 Å². The van der Waals surface area contributed by atoms with Crippen LogP contribution >= 0.6 is 0 Å². The first-order valence-corrected chi connectivity index (χ1v) is 8.63. The van der Waals surface area contributed by atoms with Crippen LogP contribution in [0, 0.1) is 0 Å². The van der Waals surface area contributed by atoms with Gasteiger partial charge in [0.25, 0.3) is 0 Å². The van der Waals surface area contributed by atoms with E-state index in [9.17, 15) is 9.59 Å². The lowest BCUT2D eigenvalue weighted by Gasteiger charge is -2.42. The van der Waals surface area contributed by atoms with Crippen molar-refractivity contribution in [3.8, 4) is 0 Å². The summed E-state index contributed by atoms with van der Waals surface area (Å²) in [7, 11) is 0. The molecule has 1 aliphatic carbocycles. The Balaban J connectivity index is 1.55. The molecule has 1 aromatic carbocycles. The minimum absolute atomic E-state index is 0.0443. The van der Waals surface area contributed by atoms with Crippen molar-refractivity contribution in [2.24, 2.45) is 0 Å². The smallest absolute Gasteiger partial charge is 0.322 e. The van der Waals surface area contributed by atoms with Gasteiger partial charge in [-0.15, -0.1) is 0 Å². The molecule has 1 aliphatic heterocycles. The second kappa shape index (κ2) is 6.81. The highest BCUT2D eigenvalue weighted by Crippen LogP contribution is 2.32. The molecule has 1 heterocycles. The van der Waals surface area contributed by atoms with Crippen LogP contribution in [0.1, 0.15) is 32.3 Å². The van der Waals surface area contributed by atoms with Crippen molar-refractivity contribution in [3.63, 3.8) is 0 Å². The van der Waals surface area contributed by atoms with Gasteiger partial charge >= 0.3 is 12.0 Å². The predicted molar refractivity (Wildman–Crippen MR) is 92.3 cm³/mol. The summed E-state index contributed by atoms with van der Waals surface area (Å²) >= 11 is 0. The van der Waals surface area contributed by atoms with Crippen molar-refractivity contribution in [2.75, 3.05) is 18.0 Å². The zero-order valence-corrected chi connectivity index (χ0v) is 14.2. The van der Waals surface area contributed by atoms with Crippen LogP contribution < -0.4 is 10.2 Å². The molecule has 1 unspecified atom stereocenters. The summed E-state index contributed by atoms with van der Waals surface area (Å²) in [6.07, 6.45) is 2.52. The van der Waals surface area contributed by atoms with E-state index in [0.29, 0.717) is 6.54 Å². The number of hydrogen-bond donors (Lipinski definition) is 2. The fourth-order valence-corrected chi connectivity index (χ4v) is 3.80. The molecule has 2 aliphatic rings. The van der Waals surface area contributed by atoms with E-state index in [0.717, 1.165) is 24.9 Å². The highest BCUT2D eigenvalue weighted by Gasteiger charge is 2.37. The van der Waals surface area contributed by atoms with E-state index in [1.807, 2.05) is 34.9 Å². The molecule has 0 bridgehead atoms. The lowest BCUT2D eigenvalue weighted by molar-refractivity contribution is -0.139. The van der Waals surface area contributed by atoms with Gasteiger partial charge in [-0.05, 0) is 44.4 Å². The third-order valence-corrected chi connectivity index (χ3v) is 5.13. The number of carboxylic acids is 1. The summed E-state index contributed by atoms with van der Waals surface area (Å²) in [5, 5.41) is 12.0. The predicted octanol–water partition coefficient (Wildman–Crippen LogP) is 2.08. The van der Waals surface area contributed by atoms with E-state index < -0.39 is 5.97 Å². The van der Waals surface area contributed by atoms with Gasteiger partial charge in [-0.1, -0.05) is 25.1 Å². The highest BCUT2D eigenvalue weighted by atomic mass is 16.4. The first-order chi connectivity index (χ1) is 11.5. The number of hydrogen-bond acceptors (Lipinski definition) is 3. The molecule has 1 fully saturated rings. The lowest BCUT2D eigenvalue weighted by atomic mass is 9.85.